The number of pyridine rings is 1. The number of rotatable bonds is 3. The molecule has 21 heavy (non-hydrogen) atoms. The van der Waals surface area contributed by atoms with Crippen molar-refractivity contribution >= 4 is 11.9 Å². The molecule has 0 saturated carbocycles. The van der Waals surface area contributed by atoms with E-state index in [2.05, 4.69) is 4.98 Å². The predicted octanol–water partition coefficient (Wildman–Crippen LogP) is 2.25. The highest BCUT2D eigenvalue weighted by Gasteiger charge is 2.43. The van der Waals surface area contributed by atoms with Crippen molar-refractivity contribution in [1.29, 1.82) is 0 Å². The van der Waals surface area contributed by atoms with Gasteiger partial charge in [0.25, 0.3) is 5.91 Å². The minimum Gasteiger partial charge on any atom is -0.481 e. The number of nitrogens with zero attached hydrogens (tertiary/aromatic N) is 2. The van der Waals surface area contributed by atoms with Gasteiger partial charge in [-0.2, -0.15) is 0 Å². The lowest BCUT2D eigenvalue weighted by atomic mass is 9.87. The molecule has 3 heterocycles. The second kappa shape index (κ2) is 5.47. The van der Waals surface area contributed by atoms with E-state index in [-0.39, 0.29) is 30.3 Å². The van der Waals surface area contributed by atoms with Crippen LogP contribution in [-0.4, -0.2) is 39.0 Å². The fourth-order valence-corrected chi connectivity index (χ4v) is 3.88. The highest BCUT2D eigenvalue weighted by atomic mass is 16.4. The number of aromatic nitrogens is 1. The van der Waals surface area contributed by atoms with E-state index in [1.54, 1.807) is 12.3 Å². The van der Waals surface area contributed by atoms with Gasteiger partial charge in [0.2, 0.25) is 0 Å². The number of carbonyl (C=O) groups excluding carboxylic acids is 1. The number of piperidine rings is 1. The van der Waals surface area contributed by atoms with Crippen LogP contribution >= 0.6 is 0 Å². The van der Waals surface area contributed by atoms with Gasteiger partial charge in [-0.05, 0) is 50.7 Å². The molecule has 1 aromatic rings. The molecule has 0 radical (unpaired) electrons. The fourth-order valence-electron chi connectivity index (χ4n) is 3.88. The van der Waals surface area contributed by atoms with Crippen LogP contribution in [0.4, 0.5) is 0 Å². The monoisotopic (exact) mass is 288 g/mol. The molecule has 2 aliphatic heterocycles. The average molecular weight is 288 g/mol. The Hall–Kier alpha value is -1.91. The maximum absolute atomic E-state index is 12.8. The maximum atomic E-state index is 12.8. The molecule has 2 aliphatic rings. The first-order chi connectivity index (χ1) is 10.1. The van der Waals surface area contributed by atoms with E-state index in [4.69, 9.17) is 5.11 Å². The molecule has 5 heteroatoms. The second-order valence-corrected chi connectivity index (χ2v) is 6.17. The molecule has 1 N–H and O–H groups in total. The minimum atomic E-state index is -0.734. The first kappa shape index (κ1) is 14.0. The van der Waals surface area contributed by atoms with Crippen LogP contribution in [0.1, 0.15) is 48.2 Å². The molecule has 112 valence electrons. The molecule has 0 spiro atoms. The summed E-state index contributed by atoms with van der Waals surface area (Å²) >= 11 is 0. The molecule has 2 atom stereocenters. The Labute approximate surface area is 124 Å². The van der Waals surface area contributed by atoms with Crippen LogP contribution in [0.25, 0.3) is 0 Å². The Morgan fingerprint density at radius 1 is 1.33 bits per heavy atom. The average Bonchev–Trinajstić information content (AvgIpc) is 2.69. The number of hydrogen-bond donors (Lipinski definition) is 1. The van der Waals surface area contributed by atoms with E-state index < -0.39 is 5.97 Å². The number of carboxylic acids is 1. The maximum Gasteiger partial charge on any atom is 0.303 e. The van der Waals surface area contributed by atoms with Gasteiger partial charge in [-0.1, -0.05) is 0 Å². The number of aryl methyl sites for hydroxylation is 1. The number of fused-ring (bicyclic) bond motifs is 2. The lowest BCUT2D eigenvalue weighted by molar-refractivity contribution is -0.138. The van der Waals surface area contributed by atoms with Crippen molar-refractivity contribution in [2.24, 2.45) is 5.92 Å². The summed E-state index contributed by atoms with van der Waals surface area (Å²) in [5.74, 6) is -0.469. The lowest BCUT2D eigenvalue weighted by Gasteiger charge is -2.38. The molecule has 0 aliphatic carbocycles. The van der Waals surface area contributed by atoms with Crippen LogP contribution in [0.15, 0.2) is 18.3 Å². The molecule has 2 unspecified atom stereocenters. The van der Waals surface area contributed by atoms with Crippen LogP contribution in [0.2, 0.25) is 0 Å². The van der Waals surface area contributed by atoms with E-state index in [0.717, 1.165) is 31.4 Å². The number of carbonyl (C=O) groups is 2. The van der Waals surface area contributed by atoms with Gasteiger partial charge in [-0.25, -0.2) is 0 Å². The zero-order chi connectivity index (χ0) is 15.0. The topological polar surface area (TPSA) is 70.5 Å². The van der Waals surface area contributed by atoms with Crippen molar-refractivity contribution < 1.29 is 14.7 Å². The van der Waals surface area contributed by atoms with Gasteiger partial charge >= 0.3 is 5.97 Å². The smallest absolute Gasteiger partial charge is 0.303 e. The van der Waals surface area contributed by atoms with Crippen LogP contribution < -0.4 is 0 Å². The highest BCUT2D eigenvalue weighted by molar-refractivity contribution is 5.95. The standard InChI is InChI=1S/C16H20N2O3/c1-10-14(3-2-6-17-10)16(21)18-12-4-5-13(18)8-11(7-12)9-15(19)20/h2-3,6,11-13H,4-5,7-9H2,1H3,(H,19,20). The summed E-state index contributed by atoms with van der Waals surface area (Å²) in [5, 5.41) is 8.96. The van der Waals surface area contributed by atoms with E-state index in [1.165, 1.54) is 0 Å². The van der Waals surface area contributed by atoms with Crippen molar-refractivity contribution in [3.05, 3.63) is 29.6 Å². The Morgan fingerprint density at radius 3 is 2.57 bits per heavy atom. The van der Waals surface area contributed by atoms with E-state index in [9.17, 15) is 9.59 Å². The van der Waals surface area contributed by atoms with Gasteiger partial charge in [0.05, 0.1) is 5.56 Å². The van der Waals surface area contributed by atoms with Crippen molar-refractivity contribution in [2.45, 2.75) is 51.1 Å². The van der Waals surface area contributed by atoms with Crippen molar-refractivity contribution in [2.75, 3.05) is 0 Å². The third-order valence-electron chi connectivity index (χ3n) is 4.77. The van der Waals surface area contributed by atoms with Gasteiger partial charge in [0.1, 0.15) is 0 Å². The minimum absolute atomic E-state index is 0.0573. The van der Waals surface area contributed by atoms with Gasteiger partial charge in [-0.15, -0.1) is 0 Å². The Morgan fingerprint density at radius 2 is 2.00 bits per heavy atom. The Balaban J connectivity index is 1.78. The molecule has 1 aromatic heterocycles. The zero-order valence-electron chi connectivity index (χ0n) is 12.2. The number of amides is 1. The van der Waals surface area contributed by atoms with Crippen LogP contribution in [-0.2, 0) is 4.79 Å². The SMILES string of the molecule is Cc1ncccc1C(=O)N1C2CCC1CC(CC(=O)O)C2. The lowest BCUT2D eigenvalue weighted by Crippen LogP contribution is -2.47. The van der Waals surface area contributed by atoms with Crippen LogP contribution in [0.5, 0.6) is 0 Å². The zero-order valence-corrected chi connectivity index (χ0v) is 12.2. The first-order valence-corrected chi connectivity index (χ1v) is 7.52. The number of carboxylic acid groups (broad SMARTS) is 1. The first-order valence-electron chi connectivity index (χ1n) is 7.52. The molecule has 2 saturated heterocycles. The Bertz CT molecular complexity index is 558. The molecular formula is C16H20N2O3. The normalized spacial score (nSPS) is 27.7. The van der Waals surface area contributed by atoms with Crippen molar-refractivity contribution in [3.8, 4) is 0 Å². The summed E-state index contributed by atoms with van der Waals surface area (Å²) < 4.78 is 0. The highest BCUT2D eigenvalue weighted by Crippen LogP contribution is 2.40. The predicted molar refractivity (Wildman–Crippen MR) is 76.9 cm³/mol. The van der Waals surface area contributed by atoms with Gasteiger partial charge < -0.3 is 10.0 Å². The molecule has 3 rings (SSSR count). The third-order valence-corrected chi connectivity index (χ3v) is 4.77. The fraction of sp³-hybridized carbons (Fsp3) is 0.562. The summed E-state index contributed by atoms with van der Waals surface area (Å²) in [6.45, 7) is 1.85. The van der Waals surface area contributed by atoms with E-state index in [1.807, 2.05) is 17.9 Å². The van der Waals surface area contributed by atoms with Crippen molar-refractivity contribution in [1.82, 2.24) is 9.88 Å². The summed E-state index contributed by atoms with van der Waals surface area (Å²) in [7, 11) is 0. The quantitative estimate of drug-likeness (QED) is 0.926. The summed E-state index contributed by atoms with van der Waals surface area (Å²) in [6, 6.07) is 4.01. The molecule has 0 aromatic carbocycles. The van der Waals surface area contributed by atoms with Crippen molar-refractivity contribution in [3.63, 3.8) is 0 Å². The molecule has 5 nitrogen and oxygen atoms in total. The van der Waals surface area contributed by atoms with Crippen LogP contribution in [0.3, 0.4) is 0 Å². The molecule has 2 bridgehead atoms. The number of aliphatic carboxylic acids is 1. The summed E-state index contributed by atoms with van der Waals surface area (Å²) in [5.41, 5.74) is 1.43. The van der Waals surface area contributed by atoms with E-state index in [0.29, 0.717) is 5.56 Å². The number of hydrogen-bond acceptors (Lipinski definition) is 3. The summed E-state index contributed by atoms with van der Waals surface area (Å²) in [6.07, 6.45) is 5.53. The molecule has 1 amide bonds. The second-order valence-electron chi connectivity index (χ2n) is 6.17. The molecule has 2 fully saturated rings. The van der Waals surface area contributed by atoms with Gasteiger partial charge in [0, 0.05) is 30.4 Å². The Kier molecular flexibility index (Phi) is 3.66. The van der Waals surface area contributed by atoms with Gasteiger partial charge in [0.15, 0.2) is 0 Å². The molecular weight excluding hydrogens is 268 g/mol. The van der Waals surface area contributed by atoms with Crippen LogP contribution in [0, 0.1) is 12.8 Å². The van der Waals surface area contributed by atoms with Gasteiger partial charge in [-0.3, -0.25) is 14.6 Å². The third kappa shape index (κ3) is 2.64. The summed E-state index contributed by atoms with van der Waals surface area (Å²) in [4.78, 5) is 29.9. The largest absolute Gasteiger partial charge is 0.481 e. The van der Waals surface area contributed by atoms with E-state index >= 15 is 0 Å².